The number of H-pyrrole nitrogens is 1. The molecular formula is C22H25N3O6S. The number of ether oxygens (including phenoxy) is 2. The third kappa shape index (κ3) is 5.52. The van der Waals surface area contributed by atoms with Crippen LogP contribution < -0.4 is 10.0 Å². The lowest BCUT2D eigenvalue weighted by molar-refractivity contribution is -0.142. The maximum Gasteiger partial charge on any atom is 0.328 e. The van der Waals surface area contributed by atoms with Gasteiger partial charge in [-0.1, -0.05) is 18.2 Å². The molecule has 1 atom stereocenters. The number of methoxy groups -OCH3 is 2. The van der Waals surface area contributed by atoms with Gasteiger partial charge < -0.3 is 19.8 Å². The molecule has 0 aliphatic rings. The molecule has 3 N–H and O–H groups in total. The molecule has 1 aromatic heterocycles. The standard InChI is InChI=1S/C22H25N3O6S/c1-30-12-11-24-32(28,29)17-9-7-15(8-10-17)21(26)25-20(22(27)31-2)13-16-14-23-19-6-4-3-5-18(16)19/h3-10,14,20,23-24H,11-13H2,1-2H3,(H,25,26)/t20-/m1/s1. The zero-order valence-electron chi connectivity index (χ0n) is 17.8. The molecule has 0 saturated heterocycles. The van der Waals surface area contributed by atoms with Gasteiger partial charge in [0.25, 0.3) is 5.91 Å². The Morgan fingerprint density at radius 1 is 1.06 bits per heavy atom. The van der Waals surface area contributed by atoms with E-state index in [0.717, 1.165) is 16.5 Å². The predicted octanol–water partition coefficient (Wildman–Crippen LogP) is 1.61. The number of carbonyl (C=O) groups is 2. The van der Waals surface area contributed by atoms with Crippen molar-refractivity contribution in [3.8, 4) is 0 Å². The van der Waals surface area contributed by atoms with Crippen LogP contribution in [0.4, 0.5) is 0 Å². The number of fused-ring (bicyclic) bond motifs is 1. The van der Waals surface area contributed by atoms with E-state index < -0.39 is 27.9 Å². The van der Waals surface area contributed by atoms with Gasteiger partial charge in [-0.2, -0.15) is 0 Å². The van der Waals surface area contributed by atoms with E-state index in [-0.39, 0.29) is 30.0 Å². The van der Waals surface area contributed by atoms with E-state index in [4.69, 9.17) is 9.47 Å². The fraction of sp³-hybridized carbons (Fsp3) is 0.273. The summed E-state index contributed by atoms with van der Waals surface area (Å²) in [6, 6.07) is 12.2. The highest BCUT2D eigenvalue weighted by atomic mass is 32.2. The first-order chi connectivity index (χ1) is 15.4. The van der Waals surface area contributed by atoms with Gasteiger partial charge in [-0.05, 0) is 35.9 Å². The summed E-state index contributed by atoms with van der Waals surface area (Å²) in [7, 11) is -0.979. The molecule has 0 spiro atoms. The summed E-state index contributed by atoms with van der Waals surface area (Å²) >= 11 is 0. The Bertz CT molecular complexity index is 1190. The fourth-order valence-electron chi connectivity index (χ4n) is 3.24. The Kier molecular flexibility index (Phi) is 7.62. The molecule has 3 rings (SSSR count). The van der Waals surface area contributed by atoms with Crippen LogP contribution in [-0.4, -0.2) is 58.7 Å². The largest absolute Gasteiger partial charge is 0.467 e. The van der Waals surface area contributed by atoms with Crippen molar-refractivity contribution in [1.29, 1.82) is 0 Å². The molecule has 1 amide bonds. The van der Waals surface area contributed by atoms with Crippen LogP contribution in [0.1, 0.15) is 15.9 Å². The highest BCUT2D eigenvalue weighted by Gasteiger charge is 2.24. The maximum atomic E-state index is 12.7. The summed E-state index contributed by atoms with van der Waals surface area (Å²) < 4.78 is 36.6. The summed E-state index contributed by atoms with van der Waals surface area (Å²) in [5, 5.41) is 3.63. The van der Waals surface area contributed by atoms with Crippen molar-refractivity contribution < 1.29 is 27.5 Å². The second-order valence-corrected chi connectivity index (χ2v) is 8.79. The minimum atomic E-state index is -3.71. The molecule has 2 aromatic carbocycles. The summed E-state index contributed by atoms with van der Waals surface area (Å²) in [5.74, 6) is -1.10. The first-order valence-corrected chi connectivity index (χ1v) is 11.4. The number of benzene rings is 2. The number of hydrogen-bond acceptors (Lipinski definition) is 6. The van der Waals surface area contributed by atoms with Crippen molar-refractivity contribution in [2.45, 2.75) is 17.4 Å². The van der Waals surface area contributed by atoms with Gasteiger partial charge in [0.1, 0.15) is 6.04 Å². The average molecular weight is 460 g/mol. The monoisotopic (exact) mass is 459 g/mol. The second-order valence-electron chi connectivity index (χ2n) is 7.03. The van der Waals surface area contributed by atoms with E-state index in [2.05, 4.69) is 15.0 Å². The van der Waals surface area contributed by atoms with Crippen molar-refractivity contribution >= 4 is 32.8 Å². The number of rotatable bonds is 10. The molecule has 10 heteroatoms. The van der Waals surface area contributed by atoms with Crippen LogP contribution in [0, 0.1) is 0 Å². The van der Waals surface area contributed by atoms with Crippen molar-refractivity contribution in [2.24, 2.45) is 0 Å². The van der Waals surface area contributed by atoms with Gasteiger partial charge in [-0.3, -0.25) is 4.79 Å². The number of nitrogens with one attached hydrogen (secondary N) is 3. The van der Waals surface area contributed by atoms with E-state index in [0.29, 0.717) is 0 Å². The molecule has 32 heavy (non-hydrogen) atoms. The van der Waals surface area contributed by atoms with Crippen LogP contribution in [0.25, 0.3) is 10.9 Å². The van der Waals surface area contributed by atoms with Gasteiger partial charge in [0.2, 0.25) is 10.0 Å². The number of aromatic nitrogens is 1. The maximum absolute atomic E-state index is 12.7. The van der Waals surface area contributed by atoms with Gasteiger partial charge in [0.05, 0.1) is 18.6 Å². The molecular weight excluding hydrogens is 434 g/mol. The number of carbonyl (C=O) groups excluding carboxylic acids is 2. The van der Waals surface area contributed by atoms with Crippen molar-refractivity contribution in [3.05, 3.63) is 65.9 Å². The van der Waals surface area contributed by atoms with Crippen LogP contribution in [0.15, 0.2) is 59.6 Å². The minimum Gasteiger partial charge on any atom is -0.467 e. The average Bonchev–Trinajstić information content (AvgIpc) is 3.21. The summed E-state index contributed by atoms with van der Waals surface area (Å²) in [6.07, 6.45) is 2.03. The van der Waals surface area contributed by atoms with Crippen LogP contribution in [0.3, 0.4) is 0 Å². The lowest BCUT2D eigenvalue weighted by Crippen LogP contribution is -2.43. The highest BCUT2D eigenvalue weighted by molar-refractivity contribution is 7.89. The Morgan fingerprint density at radius 3 is 2.47 bits per heavy atom. The number of sulfonamides is 1. The Balaban J connectivity index is 1.73. The van der Waals surface area contributed by atoms with E-state index in [1.165, 1.54) is 38.5 Å². The molecule has 0 saturated carbocycles. The lowest BCUT2D eigenvalue weighted by atomic mass is 10.0. The van der Waals surface area contributed by atoms with Crippen molar-refractivity contribution in [1.82, 2.24) is 15.0 Å². The lowest BCUT2D eigenvalue weighted by Gasteiger charge is -2.16. The molecule has 170 valence electrons. The SMILES string of the molecule is COCCNS(=O)(=O)c1ccc(C(=O)N[C@H](Cc2c[nH]c3ccccc23)C(=O)OC)cc1. The molecule has 0 fully saturated rings. The summed E-state index contributed by atoms with van der Waals surface area (Å²) in [4.78, 5) is 28.2. The zero-order valence-corrected chi connectivity index (χ0v) is 18.6. The highest BCUT2D eigenvalue weighted by Crippen LogP contribution is 2.19. The second kappa shape index (κ2) is 10.4. The molecule has 0 aliphatic heterocycles. The Labute approximate surface area is 186 Å². The normalized spacial score (nSPS) is 12.4. The van der Waals surface area contributed by atoms with E-state index in [1.807, 2.05) is 24.3 Å². The van der Waals surface area contributed by atoms with E-state index in [9.17, 15) is 18.0 Å². The van der Waals surface area contributed by atoms with Gasteiger partial charge in [-0.25, -0.2) is 17.9 Å². The third-order valence-electron chi connectivity index (χ3n) is 4.92. The van der Waals surface area contributed by atoms with Gasteiger partial charge in [0, 0.05) is 42.7 Å². The van der Waals surface area contributed by atoms with Crippen LogP contribution in [-0.2, 0) is 30.7 Å². The smallest absolute Gasteiger partial charge is 0.328 e. The topological polar surface area (TPSA) is 127 Å². The molecule has 3 aromatic rings. The molecule has 0 bridgehead atoms. The fourth-order valence-corrected chi connectivity index (χ4v) is 4.26. The van der Waals surface area contributed by atoms with Gasteiger partial charge in [0.15, 0.2) is 0 Å². The number of aromatic amines is 1. The number of esters is 1. The van der Waals surface area contributed by atoms with E-state index in [1.54, 1.807) is 6.20 Å². The van der Waals surface area contributed by atoms with Crippen molar-refractivity contribution in [2.75, 3.05) is 27.4 Å². The molecule has 0 radical (unpaired) electrons. The van der Waals surface area contributed by atoms with Crippen molar-refractivity contribution in [3.63, 3.8) is 0 Å². The molecule has 1 heterocycles. The van der Waals surface area contributed by atoms with Crippen LogP contribution >= 0.6 is 0 Å². The first kappa shape index (κ1) is 23.5. The quantitative estimate of drug-likeness (QED) is 0.312. The number of para-hydroxylation sites is 1. The molecule has 9 nitrogen and oxygen atoms in total. The molecule has 0 unspecified atom stereocenters. The Hall–Kier alpha value is -3.21. The Morgan fingerprint density at radius 2 is 1.78 bits per heavy atom. The van der Waals surface area contributed by atoms with Crippen LogP contribution in [0.2, 0.25) is 0 Å². The minimum absolute atomic E-state index is 0.0217. The van der Waals surface area contributed by atoms with Gasteiger partial charge in [-0.15, -0.1) is 0 Å². The van der Waals surface area contributed by atoms with Crippen LogP contribution in [0.5, 0.6) is 0 Å². The summed E-state index contributed by atoms with van der Waals surface area (Å²) in [6.45, 7) is 0.376. The molecule has 0 aliphatic carbocycles. The third-order valence-corrected chi connectivity index (χ3v) is 6.39. The zero-order chi connectivity index (χ0) is 23.1. The van der Waals surface area contributed by atoms with Gasteiger partial charge >= 0.3 is 5.97 Å². The summed E-state index contributed by atoms with van der Waals surface area (Å²) in [5.41, 5.74) is 2.00. The predicted molar refractivity (Wildman–Crippen MR) is 119 cm³/mol. The van der Waals surface area contributed by atoms with E-state index >= 15 is 0 Å². The number of amides is 1. The first-order valence-electron chi connectivity index (χ1n) is 9.88. The number of hydrogen-bond donors (Lipinski definition) is 3.